The molecule has 14 rings (SSSR count). The van der Waals surface area contributed by atoms with Crippen molar-refractivity contribution in [3.8, 4) is 23.0 Å². The van der Waals surface area contributed by atoms with Gasteiger partial charge in [-0.15, -0.1) is 0 Å². The molecule has 2 aliphatic carbocycles. The minimum absolute atomic E-state index is 0.0322. The van der Waals surface area contributed by atoms with E-state index < -0.39 is 40.5 Å². The largest absolute Gasteiger partial charge is 0.493 e. The Bertz CT molecular complexity index is 5870. The second kappa shape index (κ2) is 51.4. The number of morpholine rings is 2. The molecule has 6 heterocycles. The number of unbranched alkanes of at least 4 members (excludes halogenated alkanes) is 6. The van der Waals surface area contributed by atoms with E-state index in [2.05, 4.69) is 46.8 Å². The minimum atomic E-state index is -1.12. The predicted octanol–water partition coefficient (Wildman–Crippen LogP) is 14.0. The first-order valence-corrected chi connectivity index (χ1v) is 49.5. The molecular weight excluding hydrogens is 1850 g/mol. The molecule has 756 valence electrons. The Balaban J connectivity index is 0.000000239. The molecule has 2 saturated carbocycles. The van der Waals surface area contributed by atoms with Crippen LogP contribution in [0.5, 0.6) is 23.0 Å². The zero-order valence-electron chi connectivity index (χ0n) is 80.9. The van der Waals surface area contributed by atoms with Gasteiger partial charge in [0, 0.05) is 166 Å². The number of amides is 10. The number of nitrogens with two attached hydrogens (primary N) is 2. The first kappa shape index (κ1) is 106. The van der Waals surface area contributed by atoms with Crippen LogP contribution in [0.2, 0.25) is 5.02 Å². The first-order chi connectivity index (χ1) is 68.6. The topological polar surface area (TPSA) is 437 Å². The van der Waals surface area contributed by atoms with E-state index in [9.17, 15) is 66.3 Å². The van der Waals surface area contributed by atoms with Crippen molar-refractivity contribution in [1.29, 1.82) is 0 Å². The lowest BCUT2D eigenvalue weighted by molar-refractivity contribution is -0.947. The number of methoxy groups -OCH3 is 2. The van der Waals surface area contributed by atoms with Crippen LogP contribution in [-0.4, -0.2) is 224 Å². The Hall–Kier alpha value is -13.3. The predicted molar refractivity (Wildman–Crippen MR) is 530 cm³/mol. The van der Waals surface area contributed by atoms with Gasteiger partial charge in [0.1, 0.15) is 78.6 Å². The SMILES string of the molecule is COc1cc2c(cc1OCCCN1CCOCC1)c(Nc1ccc(F)c(Cl)c1)nc[n+]2Cc1ccc(NC(=O)[C@H](CCCNC(N)=O)CC(=O)C2(C(=O)CCCCCCN3C(=O)C=CC3=O)CCC2)cc1.COc1cc2ncnc(Nc3ccc(F)c(C)c3)c2cc1OCCC[N+]1(Cc2ccc(NC(=O)[C@H](CCCNC(N)=O)CC(=O)C3(C(=O)CCCCCCN4C(=O)C=CC4=O)CCC3)cc2)CCOCC1. The number of nitrogens with one attached hydrogen (secondary N) is 6. The number of benzene rings is 6. The zero-order valence-corrected chi connectivity index (χ0v) is 81.7. The Morgan fingerprint density at radius 3 is 1.50 bits per heavy atom. The molecule has 8 aromatic rings. The summed E-state index contributed by atoms with van der Waals surface area (Å²) >= 11 is 6.13. The number of fused-ring (bicyclic) bond motifs is 2. The molecule has 4 fully saturated rings. The summed E-state index contributed by atoms with van der Waals surface area (Å²) in [7, 11) is 3.17. The van der Waals surface area contributed by atoms with Crippen molar-refractivity contribution in [2.24, 2.45) is 34.1 Å². The van der Waals surface area contributed by atoms with E-state index in [1.54, 1.807) is 57.8 Å². The fourth-order valence-corrected chi connectivity index (χ4v) is 19.1. The number of carbonyl (C=O) groups is 12. The molecule has 4 aliphatic heterocycles. The summed E-state index contributed by atoms with van der Waals surface area (Å²) in [6.45, 7) is 12.6. The molecule has 0 spiro atoms. The molecule has 0 unspecified atom stereocenters. The first-order valence-electron chi connectivity index (χ1n) is 49.1. The van der Waals surface area contributed by atoms with Crippen LogP contribution >= 0.6 is 11.6 Å². The van der Waals surface area contributed by atoms with Crippen LogP contribution in [-0.2, 0) is 70.5 Å². The number of quaternary nitrogens is 1. The molecule has 142 heavy (non-hydrogen) atoms. The van der Waals surface area contributed by atoms with Crippen LogP contribution in [0, 0.1) is 41.2 Å². The average Bonchev–Trinajstić information content (AvgIpc) is 0.988. The van der Waals surface area contributed by atoms with Crippen molar-refractivity contribution in [2.75, 3.05) is 141 Å². The molecule has 2 aromatic heterocycles. The molecule has 34 nitrogen and oxygen atoms in total. The van der Waals surface area contributed by atoms with Crippen molar-refractivity contribution in [3.05, 3.63) is 180 Å². The van der Waals surface area contributed by atoms with Gasteiger partial charge in [-0.2, -0.15) is 0 Å². The molecule has 6 aliphatic rings. The number of nitrogens with zero attached hydrogens (tertiary/aromatic N) is 8. The number of urea groups is 2. The highest BCUT2D eigenvalue weighted by Crippen LogP contribution is 2.48. The number of ketones is 4. The molecular formula is C105H129ClF2N16O18+2. The Labute approximate surface area is 829 Å². The maximum absolute atomic E-state index is 14.1. The summed E-state index contributed by atoms with van der Waals surface area (Å²) in [6.07, 6.45) is 20.0. The fraction of sp³-hybridized carbons (Fsp3) is 0.467. The third-order valence-electron chi connectivity index (χ3n) is 27.5. The smallest absolute Gasteiger partial charge is 0.312 e. The van der Waals surface area contributed by atoms with Crippen molar-refractivity contribution in [1.82, 2.24) is 40.3 Å². The molecule has 10 N–H and O–H groups in total. The van der Waals surface area contributed by atoms with Gasteiger partial charge in [0.25, 0.3) is 35.8 Å². The average molecular weight is 1980 g/mol. The van der Waals surface area contributed by atoms with E-state index in [0.29, 0.717) is 197 Å². The van der Waals surface area contributed by atoms with Crippen LogP contribution in [0.3, 0.4) is 0 Å². The summed E-state index contributed by atoms with van der Waals surface area (Å²) in [4.78, 5) is 172. The number of halogens is 3. The number of aromatic nitrogens is 4. The van der Waals surface area contributed by atoms with Crippen LogP contribution < -0.4 is 66.9 Å². The number of Topliss-reactive ketones (excluding diaryl/α,β-unsaturated/α-hetero) is 4. The Morgan fingerprint density at radius 1 is 0.514 bits per heavy atom. The van der Waals surface area contributed by atoms with Crippen LogP contribution in [0.15, 0.2) is 146 Å². The number of imide groups is 2. The van der Waals surface area contributed by atoms with Gasteiger partial charge in [-0.3, -0.25) is 62.6 Å². The number of ether oxygens (including phenoxy) is 6. The fourth-order valence-electron chi connectivity index (χ4n) is 19.0. The quantitative estimate of drug-likeness (QED) is 0.00577. The minimum Gasteiger partial charge on any atom is -0.493 e. The molecule has 2 atom stereocenters. The zero-order chi connectivity index (χ0) is 101. The standard InChI is InChI=1S/C53H65FN8O9.C52H62ClFN8O9/c1-36-30-40(16-17-42(36)54)59-50-41-32-45(44(69-2)33-43(41)57-35-58-50)71-27-9-24-62(25-28-70-29-26-62)34-37-12-14-39(15-13-37)60-51(67)38(10-7-22-56-52(55)68)31-47(64)53(20-8-21-53)46(63)11-5-3-4-6-23-61-48(65)18-19-49(61)66;1-69-43-32-42-39(31-44(43)71-26-8-22-60-24-27-70-28-25-60)49(58-38-15-16-41(54)40(53)30-38)57-34-61(42)33-35-11-13-37(14-12-35)59-50(67)36(9-6-21-56-51(55)68)29-46(64)52(19-7-20-52)45(63)10-4-2-3-5-23-62-47(65)17-18-48(62)66/h12-19,30,32-33,35,38H,3-11,20-29,31,34H2,1-2H3,(H4-,55,56,57,58,59,60,67,68);11-18,30-32,34,36H,2-10,19-29,33H2,1H3,(H4,55,56,59,67,68)/p+2/t38-;36-/m11/s1. The third kappa shape index (κ3) is 28.8. The number of hydrogen-bond donors (Lipinski definition) is 8. The number of carbonyl (C=O) groups excluding carboxylic acids is 12. The Morgan fingerprint density at radius 2 is 0.993 bits per heavy atom. The van der Waals surface area contributed by atoms with E-state index in [1.165, 1.54) is 58.6 Å². The summed E-state index contributed by atoms with van der Waals surface area (Å²) in [5.74, 6) is -1.75. The number of aryl methyl sites for hydroxylation is 1. The maximum Gasteiger partial charge on any atom is 0.312 e. The van der Waals surface area contributed by atoms with E-state index in [4.69, 9.17) is 56.5 Å². The van der Waals surface area contributed by atoms with Crippen LogP contribution in [0.4, 0.5) is 52.8 Å². The van der Waals surface area contributed by atoms with Gasteiger partial charge in [0.2, 0.25) is 11.8 Å². The van der Waals surface area contributed by atoms with Crippen LogP contribution in [0.1, 0.15) is 171 Å². The number of hydrogen-bond acceptors (Lipinski definition) is 24. The highest BCUT2D eigenvalue weighted by atomic mass is 35.5. The van der Waals surface area contributed by atoms with Crippen molar-refractivity contribution in [3.63, 3.8) is 0 Å². The van der Waals surface area contributed by atoms with Gasteiger partial charge in [-0.1, -0.05) is 74.4 Å². The van der Waals surface area contributed by atoms with Crippen molar-refractivity contribution >= 4 is 138 Å². The van der Waals surface area contributed by atoms with Gasteiger partial charge in [0.05, 0.1) is 87.2 Å². The van der Waals surface area contributed by atoms with E-state index in [0.717, 1.165) is 130 Å². The highest BCUT2D eigenvalue weighted by Gasteiger charge is 2.51. The summed E-state index contributed by atoms with van der Waals surface area (Å²) < 4.78 is 66.2. The molecule has 37 heteroatoms. The van der Waals surface area contributed by atoms with E-state index in [1.807, 2.05) is 65.2 Å². The second-order valence-electron chi connectivity index (χ2n) is 37.2. The van der Waals surface area contributed by atoms with E-state index >= 15 is 0 Å². The second-order valence-corrected chi connectivity index (χ2v) is 37.6. The molecule has 10 amide bonds. The van der Waals surface area contributed by atoms with Gasteiger partial charge < -0.3 is 76.3 Å². The van der Waals surface area contributed by atoms with Gasteiger partial charge in [0.15, 0.2) is 23.0 Å². The van der Waals surface area contributed by atoms with Crippen molar-refractivity contribution < 1.29 is 104 Å². The Kier molecular flexibility index (Phi) is 38.4. The lowest BCUT2D eigenvalue weighted by Crippen LogP contribution is -2.55. The number of anilines is 6. The summed E-state index contributed by atoms with van der Waals surface area (Å²) in [5.41, 5.74) is 14.6. The van der Waals surface area contributed by atoms with Crippen LogP contribution in [0.25, 0.3) is 21.8 Å². The number of rotatable bonds is 54. The van der Waals surface area contributed by atoms with E-state index in [-0.39, 0.29) is 115 Å². The maximum atomic E-state index is 14.1. The van der Waals surface area contributed by atoms with Gasteiger partial charge >= 0.3 is 12.1 Å². The summed E-state index contributed by atoms with van der Waals surface area (Å²) in [6, 6.07) is 30.3. The van der Waals surface area contributed by atoms with Gasteiger partial charge in [-0.25, -0.2) is 32.9 Å². The lowest BCUT2D eigenvalue weighted by atomic mass is 9.61. The monoisotopic (exact) mass is 1970 g/mol. The molecule has 0 bridgehead atoms. The molecule has 6 aromatic carbocycles. The molecule has 2 saturated heterocycles. The van der Waals surface area contributed by atoms with Crippen molar-refractivity contribution in [2.45, 2.75) is 174 Å². The lowest BCUT2D eigenvalue weighted by Gasteiger charge is -2.41. The highest BCUT2D eigenvalue weighted by molar-refractivity contribution is 6.31. The van der Waals surface area contributed by atoms with Gasteiger partial charge in [-0.05, 0) is 173 Å². The normalized spacial score (nSPS) is 16.1. The third-order valence-corrected chi connectivity index (χ3v) is 27.8. The number of primary amides is 2. The molecule has 0 radical (unpaired) electrons. The summed E-state index contributed by atoms with van der Waals surface area (Å²) in [5, 5.41) is 19.0.